The highest BCUT2D eigenvalue weighted by Gasteiger charge is 2.09. The van der Waals surface area contributed by atoms with Crippen molar-refractivity contribution in [3.05, 3.63) is 35.4 Å². The fourth-order valence-electron chi connectivity index (χ4n) is 1.33. The van der Waals surface area contributed by atoms with Crippen LogP contribution in [0.4, 0.5) is 0 Å². The molecule has 0 saturated carbocycles. The predicted octanol–water partition coefficient (Wildman–Crippen LogP) is 1.02. The van der Waals surface area contributed by atoms with Gasteiger partial charge in [-0.2, -0.15) is 5.26 Å². The van der Waals surface area contributed by atoms with E-state index in [1.165, 1.54) is 6.08 Å². The first kappa shape index (κ1) is 15.2. The van der Waals surface area contributed by atoms with Crippen LogP contribution in [0.5, 0.6) is 5.75 Å². The molecule has 0 aliphatic heterocycles. The fraction of sp³-hybridized carbons (Fsp3) is 0.214. The van der Waals surface area contributed by atoms with Crippen LogP contribution in [0.15, 0.2) is 29.8 Å². The number of hydrogen-bond acceptors (Lipinski definition) is 5. The largest absolute Gasteiger partial charge is 0.484 e. The third-order valence-electron chi connectivity index (χ3n) is 2.19. The van der Waals surface area contributed by atoms with Crippen LogP contribution in [0.3, 0.4) is 0 Å². The van der Waals surface area contributed by atoms with Gasteiger partial charge in [-0.05, 0) is 30.7 Å². The van der Waals surface area contributed by atoms with E-state index in [1.807, 2.05) is 0 Å². The van der Waals surface area contributed by atoms with Crippen LogP contribution in [0.2, 0.25) is 0 Å². The molecule has 20 heavy (non-hydrogen) atoms. The highest BCUT2D eigenvalue weighted by Crippen LogP contribution is 2.14. The lowest BCUT2D eigenvalue weighted by Crippen LogP contribution is -2.19. The zero-order valence-corrected chi connectivity index (χ0v) is 11.0. The molecule has 0 bridgehead atoms. The third kappa shape index (κ3) is 4.82. The summed E-state index contributed by atoms with van der Waals surface area (Å²) in [6.07, 6.45) is 1.41. The van der Waals surface area contributed by atoms with Crippen LogP contribution < -0.4 is 10.5 Å². The van der Waals surface area contributed by atoms with E-state index >= 15 is 0 Å². The van der Waals surface area contributed by atoms with Crippen LogP contribution in [0, 0.1) is 11.3 Å². The van der Waals surface area contributed by atoms with Crippen molar-refractivity contribution in [1.29, 1.82) is 5.26 Å². The molecule has 6 nitrogen and oxygen atoms in total. The summed E-state index contributed by atoms with van der Waals surface area (Å²) in [5, 5.41) is 8.89. The van der Waals surface area contributed by atoms with Crippen molar-refractivity contribution in [2.75, 3.05) is 13.2 Å². The Morgan fingerprint density at radius 3 is 2.50 bits per heavy atom. The summed E-state index contributed by atoms with van der Waals surface area (Å²) >= 11 is 0. The highest BCUT2D eigenvalue weighted by atomic mass is 16.5. The Balaban J connectivity index is 2.79. The molecule has 0 saturated heterocycles. The van der Waals surface area contributed by atoms with E-state index in [9.17, 15) is 9.59 Å². The molecule has 0 aliphatic carbocycles. The fourth-order valence-corrected chi connectivity index (χ4v) is 1.33. The Bertz CT molecular complexity index is 556. The van der Waals surface area contributed by atoms with Crippen LogP contribution in [-0.4, -0.2) is 25.1 Å². The third-order valence-corrected chi connectivity index (χ3v) is 2.19. The van der Waals surface area contributed by atoms with E-state index in [-0.39, 0.29) is 18.8 Å². The smallest absolute Gasteiger partial charge is 0.348 e. The summed E-state index contributed by atoms with van der Waals surface area (Å²) in [6.45, 7) is 1.66. The average Bonchev–Trinajstić information content (AvgIpc) is 2.44. The maximum absolute atomic E-state index is 11.4. The maximum atomic E-state index is 11.4. The number of carbonyl (C=O) groups is 2. The van der Waals surface area contributed by atoms with E-state index in [1.54, 1.807) is 37.3 Å². The van der Waals surface area contributed by atoms with Gasteiger partial charge in [0, 0.05) is 0 Å². The maximum Gasteiger partial charge on any atom is 0.348 e. The topological polar surface area (TPSA) is 102 Å². The molecular weight excluding hydrogens is 260 g/mol. The number of nitrogens with two attached hydrogens (primary N) is 1. The number of amides is 1. The SMILES string of the molecule is CCOC(=O)/C(C#N)=C/c1ccc(OCC(N)=O)cc1. The van der Waals surface area contributed by atoms with Crippen molar-refractivity contribution < 1.29 is 19.1 Å². The molecule has 0 aliphatic rings. The molecule has 1 aromatic rings. The molecule has 0 unspecified atom stereocenters. The lowest BCUT2D eigenvalue weighted by molar-refractivity contribution is -0.137. The minimum atomic E-state index is -0.663. The quantitative estimate of drug-likeness (QED) is 0.474. The van der Waals surface area contributed by atoms with Crippen molar-refractivity contribution in [3.63, 3.8) is 0 Å². The molecule has 0 fully saturated rings. The van der Waals surface area contributed by atoms with Crippen molar-refractivity contribution in [2.45, 2.75) is 6.92 Å². The lowest BCUT2D eigenvalue weighted by atomic mass is 10.1. The minimum absolute atomic E-state index is 0.0855. The number of nitriles is 1. The summed E-state index contributed by atoms with van der Waals surface area (Å²) in [5.74, 6) is -0.761. The summed E-state index contributed by atoms with van der Waals surface area (Å²) in [6, 6.07) is 8.29. The first-order valence-electron chi connectivity index (χ1n) is 5.87. The minimum Gasteiger partial charge on any atom is -0.484 e. The van der Waals surface area contributed by atoms with Gasteiger partial charge in [0.25, 0.3) is 5.91 Å². The van der Waals surface area contributed by atoms with Gasteiger partial charge in [-0.25, -0.2) is 4.79 Å². The Morgan fingerprint density at radius 1 is 1.35 bits per heavy atom. The van der Waals surface area contributed by atoms with Crippen molar-refractivity contribution in [1.82, 2.24) is 0 Å². The summed E-state index contributed by atoms with van der Waals surface area (Å²) in [7, 11) is 0. The number of ether oxygens (including phenoxy) is 2. The van der Waals surface area contributed by atoms with Gasteiger partial charge in [-0.3, -0.25) is 4.79 Å². The molecule has 104 valence electrons. The Morgan fingerprint density at radius 2 is 2.00 bits per heavy atom. The molecule has 0 aromatic heterocycles. The number of esters is 1. The van der Waals surface area contributed by atoms with Crippen LogP contribution in [0.1, 0.15) is 12.5 Å². The Labute approximate surface area is 116 Å². The van der Waals surface area contributed by atoms with Gasteiger partial charge in [-0.15, -0.1) is 0 Å². The second-order valence-corrected chi connectivity index (χ2v) is 3.71. The van der Waals surface area contributed by atoms with Gasteiger partial charge in [0.1, 0.15) is 17.4 Å². The summed E-state index contributed by atoms with van der Waals surface area (Å²) < 4.78 is 9.84. The standard InChI is InChI=1S/C14H14N2O4/c1-2-19-14(18)11(8-15)7-10-3-5-12(6-4-10)20-9-13(16)17/h3-7H,2,9H2,1H3,(H2,16,17)/b11-7+. The number of hydrogen-bond donors (Lipinski definition) is 1. The molecule has 0 radical (unpaired) electrons. The first-order valence-corrected chi connectivity index (χ1v) is 5.87. The van der Waals surface area contributed by atoms with Gasteiger partial charge >= 0.3 is 5.97 Å². The molecule has 0 spiro atoms. The molecule has 0 atom stereocenters. The van der Waals surface area contributed by atoms with Gasteiger partial charge in [0.05, 0.1) is 6.61 Å². The van der Waals surface area contributed by atoms with Gasteiger partial charge in [0.2, 0.25) is 0 Å². The Kier molecular flexibility index (Phi) is 5.78. The monoisotopic (exact) mass is 274 g/mol. The zero-order chi connectivity index (χ0) is 15.0. The van der Waals surface area contributed by atoms with Crippen molar-refractivity contribution in [2.24, 2.45) is 5.73 Å². The molecule has 1 aromatic carbocycles. The predicted molar refractivity (Wildman–Crippen MR) is 71.4 cm³/mol. The number of primary amides is 1. The van der Waals surface area contributed by atoms with E-state index in [4.69, 9.17) is 20.5 Å². The van der Waals surface area contributed by atoms with E-state index < -0.39 is 11.9 Å². The summed E-state index contributed by atoms with van der Waals surface area (Å²) in [5.41, 5.74) is 5.51. The van der Waals surface area contributed by atoms with Gasteiger partial charge < -0.3 is 15.2 Å². The molecule has 2 N–H and O–H groups in total. The molecule has 6 heteroatoms. The molecule has 1 rings (SSSR count). The average molecular weight is 274 g/mol. The zero-order valence-electron chi connectivity index (χ0n) is 11.0. The van der Waals surface area contributed by atoms with Crippen LogP contribution >= 0.6 is 0 Å². The van der Waals surface area contributed by atoms with E-state index in [0.29, 0.717) is 11.3 Å². The lowest BCUT2D eigenvalue weighted by Gasteiger charge is -2.04. The van der Waals surface area contributed by atoms with Crippen molar-refractivity contribution >= 4 is 18.0 Å². The molecular formula is C14H14N2O4. The second kappa shape index (κ2) is 7.59. The van der Waals surface area contributed by atoms with E-state index in [2.05, 4.69) is 0 Å². The van der Waals surface area contributed by atoms with Gasteiger partial charge in [-0.1, -0.05) is 12.1 Å². The van der Waals surface area contributed by atoms with Crippen LogP contribution in [-0.2, 0) is 14.3 Å². The summed E-state index contributed by atoms with van der Waals surface area (Å²) in [4.78, 5) is 22.0. The first-order chi connectivity index (χ1) is 9.56. The number of benzene rings is 1. The number of carbonyl (C=O) groups excluding carboxylic acids is 2. The van der Waals surface area contributed by atoms with Crippen LogP contribution in [0.25, 0.3) is 6.08 Å². The van der Waals surface area contributed by atoms with E-state index in [0.717, 1.165) is 0 Å². The van der Waals surface area contributed by atoms with Crippen molar-refractivity contribution in [3.8, 4) is 11.8 Å². The number of rotatable bonds is 6. The highest BCUT2D eigenvalue weighted by molar-refractivity contribution is 5.97. The van der Waals surface area contributed by atoms with Gasteiger partial charge in [0.15, 0.2) is 6.61 Å². The second-order valence-electron chi connectivity index (χ2n) is 3.71. The molecule has 0 heterocycles. The normalized spacial score (nSPS) is 10.5. The Hall–Kier alpha value is -2.81. The molecule has 1 amide bonds. The number of nitrogens with zero attached hydrogens (tertiary/aromatic N) is 1.